The van der Waals surface area contributed by atoms with E-state index in [0.29, 0.717) is 36.6 Å². The van der Waals surface area contributed by atoms with Crippen molar-refractivity contribution in [2.75, 3.05) is 53.5 Å². The molecule has 7 nitrogen and oxygen atoms in total. The monoisotopic (exact) mass is 349 g/mol. The summed E-state index contributed by atoms with van der Waals surface area (Å²) < 4.78 is 10.5. The second-order valence-electron chi connectivity index (χ2n) is 5.84. The first-order chi connectivity index (χ1) is 12.1. The molecule has 0 saturated carbocycles. The highest BCUT2D eigenvalue weighted by molar-refractivity contribution is 5.95. The number of ether oxygens (including phenoxy) is 2. The number of carbonyl (C=O) groups is 2. The van der Waals surface area contributed by atoms with E-state index in [4.69, 9.17) is 9.47 Å². The SMILES string of the molecule is CCN(CCC(=O)N1CCNCC1)C(=O)c1ccc(OC)c(OC)c1. The summed E-state index contributed by atoms with van der Waals surface area (Å²) in [4.78, 5) is 28.5. The highest BCUT2D eigenvalue weighted by atomic mass is 16.5. The number of piperazine rings is 1. The van der Waals surface area contributed by atoms with Crippen LogP contribution in [0.2, 0.25) is 0 Å². The molecule has 1 aromatic carbocycles. The summed E-state index contributed by atoms with van der Waals surface area (Å²) in [6.45, 7) is 5.98. The molecule has 1 aromatic rings. The molecule has 0 aliphatic carbocycles. The minimum Gasteiger partial charge on any atom is -0.493 e. The fourth-order valence-corrected chi connectivity index (χ4v) is 2.86. The summed E-state index contributed by atoms with van der Waals surface area (Å²) in [5, 5.41) is 3.22. The van der Waals surface area contributed by atoms with E-state index in [1.807, 2.05) is 11.8 Å². The van der Waals surface area contributed by atoms with Gasteiger partial charge in [0.1, 0.15) is 0 Å². The summed E-state index contributed by atoms with van der Waals surface area (Å²) in [6.07, 6.45) is 0.340. The largest absolute Gasteiger partial charge is 0.493 e. The van der Waals surface area contributed by atoms with E-state index in [9.17, 15) is 9.59 Å². The maximum atomic E-state index is 12.7. The van der Waals surface area contributed by atoms with Crippen LogP contribution in [-0.4, -0.2) is 75.1 Å². The van der Waals surface area contributed by atoms with Gasteiger partial charge in [0.2, 0.25) is 5.91 Å². The van der Waals surface area contributed by atoms with E-state index < -0.39 is 0 Å². The summed E-state index contributed by atoms with van der Waals surface area (Å²) >= 11 is 0. The normalized spacial score (nSPS) is 14.1. The van der Waals surface area contributed by atoms with Gasteiger partial charge in [-0.3, -0.25) is 9.59 Å². The molecule has 0 aromatic heterocycles. The number of hydrogen-bond donors (Lipinski definition) is 1. The smallest absolute Gasteiger partial charge is 0.253 e. The van der Waals surface area contributed by atoms with Crippen molar-refractivity contribution in [3.63, 3.8) is 0 Å². The minimum atomic E-state index is -0.114. The van der Waals surface area contributed by atoms with Crippen molar-refractivity contribution in [1.82, 2.24) is 15.1 Å². The number of hydrogen-bond acceptors (Lipinski definition) is 5. The van der Waals surface area contributed by atoms with Crippen LogP contribution in [0.15, 0.2) is 18.2 Å². The summed E-state index contributed by atoms with van der Waals surface area (Å²) in [7, 11) is 3.09. The predicted octanol–water partition coefficient (Wildman–Crippen LogP) is 0.988. The molecule has 1 aliphatic rings. The predicted molar refractivity (Wildman–Crippen MR) is 95.2 cm³/mol. The number of carbonyl (C=O) groups excluding carboxylic acids is 2. The highest BCUT2D eigenvalue weighted by Crippen LogP contribution is 2.28. The lowest BCUT2D eigenvalue weighted by molar-refractivity contribution is -0.131. The van der Waals surface area contributed by atoms with E-state index in [-0.39, 0.29) is 11.8 Å². The van der Waals surface area contributed by atoms with Gasteiger partial charge in [-0.15, -0.1) is 0 Å². The van der Waals surface area contributed by atoms with Crippen molar-refractivity contribution in [2.45, 2.75) is 13.3 Å². The van der Waals surface area contributed by atoms with E-state index in [0.717, 1.165) is 26.2 Å². The fourth-order valence-electron chi connectivity index (χ4n) is 2.86. The Hall–Kier alpha value is -2.28. The van der Waals surface area contributed by atoms with Gasteiger partial charge in [-0.2, -0.15) is 0 Å². The molecule has 2 rings (SSSR count). The Labute approximate surface area is 148 Å². The number of nitrogens with one attached hydrogen (secondary N) is 1. The Morgan fingerprint density at radius 1 is 1.16 bits per heavy atom. The van der Waals surface area contributed by atoms with Gasteiger partial charge in [-0.1, -0.05) is 0 Å². The van der Waals surface area contributed by atoms with E-state index in [1.54, 1.807) is 30.2 Å². The zero-order valence-corrected chi connectivity index (χ0v) is 15.2. The molecule has 2 amide bonds. The lowest BCUT2D eigenvalue weighted by atomic mass is 10.1. The molecule has 1 fully saturated rings. The van der Waals surface area contributed by atoms with Crippen molar-refractivity contribution >= 4 is 11.8 Å². The maximum absolute atomic E-state index is 12.7. The zero-order chi connectivity index (χ0) is 18.2. The zero-order valence-electron chi connectivity index (χ0n) is 15.2. The third-order valence-electron chi connectivity index (χ3n) is 4.36. The Kier molecular flexibility index (Phi) is 7.06. The fraction of sp³-hybridized carbons (Fsp3) is 0.556. The van der Waals surface area contributed by atoms with Crippen LogP contribution < -0.4 is 14.8 Å². The third kappa shape index (κ3) is 4.85. The first kappa shape index (κ1) is 19.1. The number of nitrogens with zero attached hydrogens (tertiary/aromatic N) is 2. The van der Waals surface area contributed by atoms with Gasteiger partial charge in [0, 0.05) is 51.3 Å². The van der Waals surface area contributed by atoms with Crippen LogP contribution in [0, 0.1) is 0 Å². The minimum absolute atomic E-state index is 0.0973. The molecular formula is C18H27N3O4. The van der Waals surface area contributed by atoms with Crippen LogP contribution in [-0.2, 0) is 4.79 Å². The Morgan fingerprint density at radius 2 is 1.84 bits per heavy atom. The van der Waals surface area contributed by atoms with Gasteiger partial charge in [0.25, 0.3) is 5.91 Å². The lowest BCUT2D eigenvalue weighted by Gasteiger charge is -2.28. The summed E-state index contributed by atoms with van der Waals surface area (Å²) in [5.74, 6) is 1.08. The first-order valence-corrected chi connectivity index (χ1v) is 8.60. The number of rotatable bonds is 7. The average Bonchev–Trinajstić information content (AvgIpc) is 2.68. The molecule has 1 aliphatic heterocycles. The van der Waals surface area contributed by atoms with Crippen molar-refractivity contribution in [3.8, 4) is 11.5 Å². The third-order valence-corrected chi connectivity index (χ3v) is 4.36. The number of benzene rings is 1. The van der Waals surface area contributed by atoms with Gasteiger partial charge in [-0.05, 0) is 25.1 Å². The van der Waals surface area contributed by atoms with Crippen LogP contribution in [0.5, 0.6) is 11.5 Å². The topological polar surface area (TPSA) is 71.1 Å². The Balaban J connectivity index is 1.99. The molecule has 1 N–H and O–H groups in total. The second-order valence-corrected chi connectivity index (χ2v) is 5.84. The Morgan fingerprint density at radius 3 is 2.44 bits per heavy atom. The van der Waals surface area contributed by atoms with Crippen molar-refractivity contribution in [3.05, 3.63) is 23.8 Å². The van der Waals surface area contributed by atoms with Gasteiger partial charge >= 0.3 is 0 Å². The molecule has 138 valence electrons. The van der Waals surface area contributed by atoms with Crippen molar-refractivity contribution in [2.24, 2.45) is 0 Å². The molecule has 25 heavy (non-hydrogen) atoms. The molecular weight excluding hydrogens is 322 g/mol. The molecule has 0 radical (unpaired) electrons. The van der Waals surface area contributed by atoms with Gasteiger partial charge < -0.3 is 24.6 Å². The summed E-state index contributed by atoms with van der Waals surface area (Å²) in [5.41, 5.74) is 0.522. The number of methoxy groups -OCH3 is 2. The van der Waals surface area contributed by atoms with Crippen LogP contribution in [0.4, 0.5) is 0 Å². The number of amides is 2. The van der Waals surface area contributed by atoms with Crippen molar-refractivity contribution < 1.29 is 19.1 Å². The van der Waals surface area contributed by atoms with Crippen molar-refractivity contribution in [1.29, 1.82) is 0 Å². The van der Waals surface area contributed by atoms with E-state index in [1.165, 1.54) is 7.11 Å². The molecule has 0 atom stereocenters. The van der Waals surface area contributed by atoms with Crippen LogP contribution in [0.1, 0.15) is 23.7 Å². The molecule has 0 unspecified atom stereocenters. The molecule has 1 saturated heterocycles. The van der Waals surface area contributed by atoms with Gasteiger partial charge in [-0.25, -0.2) is 0 Å². The molecule has 0 spiro atoms. The van der Waals surface area contributed by atoms with Crippen LogP contribution >= 0.6 is 0 Å². The van der Waals surface area contributed by atoms with Gasteiger partial charge in [0.05, 0.1) is 14.2 Å². The molecule has 1 heterocycles. The first-order valence-electron chi connectivity index (χ1n) is 8.60. The molecule has 0 bridgehead atoms. The van der Waals surface area contributed by atoms with Crippen LogP contribution in [0.3, 0.4) is 0 Å². The highest BCUT2D eigenvalue weighted by Gasteiger charge is 2.20. The lowest BCUT2D eigenvalue weighted by Crippen LogP contribution is -2.47. The average molecular weight is 349 g/mol. The van der Waals surface area contributed by atoms with E-state index >= 15 is 0 Å². The van der Waals surface area contributed by atoms with Crippen LogP contribution in [0.25, 0.3) is 0 Å². The molecule has 7 heteroatoms. The summed E-state index contributed by atoms with van der Waals surface area (Å²) in [6, 6.07) is 5.10. The quantitative estimate of drug-likeness (QED) is 0.795. The van der Waals surface area contributed by atoms with E-state index in [2.05, 4.69) is 5.32 Å². The maximum Gasteiger partial charge on any atom is 0.253 e. The Bertz CT molecular complexity index is 600. The van der Waals surface area contributed by atoms with Gasteiger partial charge in [0.15, 0.2) is 11.5 Å². The second kappa shape index (κ2) is 9.27. The standard InChI is InChI=1S/C18H27N3O4/c1-4-20(10-7-17(22)21-11-8-19-9-12-21)18(23)14-5-6-15(24-2)16(13-14)25-3/h5-6,13,19H,4,7-12H2,1-3H3.